The van der Waals surface area contributed by atoms with Gasteiger partial charge in [0.25, 0.3) is 0 Å². The number of hydrogen-bond acceptors (Lipinski definition) is 5. The molecule has 0 aliphatic rings. The van der Waals surface area contributed by atoms with Crippen molar-refractivity contribution >= 4 is 0 Å². The number of phenols is 1. The van der Waals surface area contributed by atoms with Crippen molar-refractivity contribution in [3.8, 4) is 17.6 Å². The van der Waals surface area contributed by atoms with Crippen molar-refractivity contribution in [3.05, 3.63) is 53.9 Å². The number of aromatic nitrogens is 1. The molecular formula is C16H17N3O2. The number of hydrogen-bond donors (Lipinski definition) is 2. The van der Waals surface area contributed by atoms with E-state index in [2.05, 4.69) is 16.4 Å². The van der Waals surface area contributed by atoms with Crippen LogP contribution < -0.4 is 10.1 Å². The quantitative estimate of drug-likeness (QED) is 0.851. The zero-order valence-electron chi connectivity index (χ0n) is 11.8. The molecule has 0 saturated carbocycles. The molecule has 0 spiro atoms. The SMILES string of the molecule is CCOc1cccc(C(C#N)NCc2ccncc2)c1O. The first-order valence-electron chi connectivity index (χ1n) is 6.72. The van der Waals surface area contributed by atoms with E-state index in [-0.39, 0.29) is 5.75 Å². The molecule has 2 aromatic rings. The van der Waals surface area contributed by atoms with E-state index in [1.165, 1.54) is 0 Å². The van der Waals surface area contributed by atoms with Gasteiger partial charge in [0.2, 0.25) is 0 Å². The second-order valence-corrected chi connectivity index (χ2v) is 4.43. The minimum Gasteiger partial charge on any atom is -0.504 e. The van der Waals surface area contributed by atoms with Gasteiger partial charge in [-0.3, -0.25) is 10.3 Å². The highest BCUT2D eigenvalue weighted by molar-refractivity contribution is 5.48. The minimum absolute atomic E-state index is 0.00753. The lowest BCUT2D eigenvalue weighted by Gasteiger charge is -2.15. The third-order valence-electron chi connectivity index (χ3n) is 3.03. The minimum atomic E-state index is -0.612. The molecular weight excluding hydrogens is 266 g/mol. The van der Waals surface area contributed by atoms with E-state index in [1.807, 2.05) is 19.1 Å². The first-order chi connectivity index (χ1) is 10.3. The Labute approximate surface area is 123 Å². The van der Waals surface area contributed by atoms with Crippen molar-refractivity contribution in [1.29, 1.82) is 5.26 Å². The topological polar surface area (TPSA) is 78.2 Å². The van der Waals surface area contributed by atoms with Gasteiger partial charge in [-0.1, -0.05) is 12.1 Å². The summed E-state index contributed by atoms with van der Waals surface area (Å²) in [6.07, 6.45) is 3.40. The Morgan fingerprint density at radius 3 is 2.76 bits per heavy atom. The molecule has 2 N–H and O–H groups in total. The van der Waals surface area contributed by atoms with Crippen molar-refractivity contribution in [2.24, 2.45) is 0 Å². The van der Waals surface area contributed by atoms with Crippen LogP contribution >= 0.6 is 0 Å². The Kier molecular flexibility index (Phi) is 5.13. The molecule has 1 unspecified atom stereocenters. The smallest absolute Gasteiger partial charge is 0.163 e. The van der Waals surface area contributed by atoms with E-state index in [1.54, 1.807) is 30.6 Å². The van der Waals surface area contributed by atoms with Crippen molar-refractivity contribution < 1.29 is 9.84 Å². The Bertz CT molecular complexity index is 623. The molecule has 0 saturated heterocycles. The monoisotopic (exact) mass is 283 g/mol. The summed E-state index contributed by atoms with van der Waals surface area (Å²) in [5, 5.41) is 22.6. The Balaban J connectivity index is 2.14. The fourth-order valence-electron chi connectivity index (χ4n) is 1.99. The molecule has 0 bridgehead atoms. The highest BCUT2D eigenvalue weighted by atomic mass is 16.5. The second-order valence-electron chi connectivity index (χ2n) is 4.43. The molecule has 0 radical (unpaired) electrons. The van der Waals surface area contributed by atoms with Gasteiger partial charge in [0.05, 0.1) is 12.7 Å². The maximum absolute atomic E-state index is 10.2. The van der Waals surface area contributed by atoms with Crippen LogP contribution in [0.15, 0.2) is 42.7 Å². The van der Waals surface area contributed by atoms with Crippen LogP contribution in [0.4, 0.5) is 0 Å². The van der Waals surface area contributed by atoms with E-state index < -0.39 is 6.04 Å². The van der Waals surface area contributed by atoms with Crippen LogP contribution in [-0.4, -0.2) is 16.7 Å². The van der Waals surface area contributed by atoms with Gasteiger partial charge in [-0.2, -0.15) is 5.26 Å². The molecule has 0 fully saturated rings. The predicted octanol–water partition coefficient (Wildman–Crippen LogP) is 2.54. The molecule has 1 aromatic heterocycles. The van der Waals surface area contributed by atoms with Crippen molar-refractivity contribution in [3.63, 3.8) is 0 Å². The summed E-state index contributed by atoms with van der Waals surface area (Å²) in [5.41, 5.74) is 1.53. The van der Waals surface area contributed by atoms with Crippen LogP contribution in [0.25, 0.3) is 0 Å². The first kappa shape index (κ1) is 14.8. The number of nitrogens with zero attached hydrogens (tertiary/aromatic N) is 2. The Morgan fingerprint density at radius 1 is 1.33 bits per heavy atom. The van der Waals surface area contributed by atoms with Gasteiger partial charge in [0, 0.05) is 24.5 Å². The van der Waals surface area contributed by atoms with Gasteiger partial charge in [-0.15, -0.1) is 0 Å². The molecule has 1 heterocycles. The number of nitrogens with one attached hydrogen (secondary N) is 1. The summed E-state index contributed by atoms with van der Waals surface area (Å²) in [5.74, 6) is 0.397. The zero-order valence-corrected chi connectivity index (χ0v) is 11.8. The summed E-state index contributed by atoms with van der Waals surface area (Å²) >= 11 is 0. The third kappa shape index (κ3) is 3.71. The fourth-order valence-corrected chi connectivity index (χ4v) is 1.99. The van der Waals surface area contributed by atoms with Gasteiger partial charge in [-0.25, -0.2) is 0 Å². The Morgan fingerprint density at radius 2 is 2.10 bits per heavy atom. The molecule has 5 heteroatoms. The molecule has 0 aliphatic carbocycles. The highest BCUT2D eigenvalue weighted by Gasteiger charge is 2.17. The Hall–Kier alpha value is -2.58. The number of pyridine rings is 1. The van der Waals surface area contributed by atoms with Gasteiger partial charge in [0.1, 0.15) is 6.04 Å². The molecule has 2 rings (SSSR count). The lowest BCUT2D eigenvalue weighted by Crippen LogP contribution is -2.19. The summed E-state index contributed by atoms with van der Waals surface area (Å²) in [6.45, 7) is 2.81. The molecule has 1 aromatic carbocycles. The van der Waals surface area contributed by atoms with Crippen molar-refractivity contribution in [2.45, 2.75) is 19.5 Å². The molecule has 0 aliphatic heterocycles. The van der Waals surface area contributed by atoms with E-state index in [4.69, 9.17) is 4.74 Å². The third-order valence-corrected chi connectivity index (χ3v) is 3.03. The number of benzene rings is 1. The average molecular weight is 283 g/mol. The lowest BCUT2D eigenvalue weighted by atomic mass is 10.1. The summed E-state index contributed by atoms with van der Waals surface area (Å²) in [4.78, 5) is 3.95. The number of rotatable bonds is 6. The number of para-hydroxylation sites is 1. The maximum Gasteiger partial charge on any atom is 0.163 e. The fraction of sp³-hybridized carbons (Fsp3) is 0.250. The summed E-state index contributed by atoms with van der Waals surface area (Å²) in [6, 6.07) is 10.4. The van der Waals surface area contributed by atoms with Crippen LogP contribution in [-0.2, 0) is 6.54 Å². The van der Waals surface area contributed by atoms with Gasteiger partial charge in [-0.05, 0) is 30.7 Å². The molecule has 108 valence electrons. The van der Waals surface area contributed by atoms with Crippen LogP contribution in [0.3, 0.4) is 0 Å². The molecule has 0 amide bonds. The largest absolute Gasteiger partial charge is 0.504 e. The highest BCUT2D eigenvalue weighted by Crippen LogP contribution is 2.33. The molecule has 21 heavy (non-hydrogen) atoms. The van der Waals surface area contributed by atoms with Crippen LogP contribution in [0, 0.1) is 11.3 Å². The number of aromatic hydroxyl groups is 1. The number of ether oxygens (including phenoxy) is 1. The summed E-state index contributed by atoms with van der Waals surface area (Å²) < 4.78 is 5.34. The lowest BCUT2D eigenvalue weighted by molar-refractivity contribution is 0.315. The van der Waals surface area contributed by atoms with E-state index >= 15 is 0 Å². The van der Waals surface area contributed by atoms with Gasteiger partial charge >= 0.3 is 0 Å². The standard InChI is InChI=1S/C16H17N3O2/c1-2-21-15-5-3-4-13(16(15)20)14(10-17)19-11-12-6-8-18-9-7-12/h3-9,14,19-20H,2,11H2,1H3. The van der Waals surface area contributed by atoms with Crippen molar-refractivity contribution in [2.75, 3.05) is 6.61 Å². The van der Waals surface area contributed by atoms with E-state index in [9.17, 15) is 10.4 Å². The first-order valence-corrected chi connectivity index (χ1v) is 6.72. The molecule has 5 nitrogen and oxygen atoms in total. The maximum atomic E-state index is 10.2. The normalized spacial score (nSPS) is 11.6. The van der Waals surface area contributed by atoms with Gasteiger partial charge in [0.15, 0.2) is 11.5 Å². The van der Waals surface area contributed by atoms with Crippen LogP contribution in [0.1, 0.15) is 24.1 Å². The average Bonchev–Trinajstić information content (AvgIpc) is 2.52. The van der Waals surface area contributed by atoms with Gasteiger partial charge < -0.3 is 9.84 Å². The zero-order chi connectivity index (χ0) is 15.1. The van der Waals surface area contributed by atoms with Crippen LogP contribution in [0.5, 0.6) is 11.5 Å². The van der Waals surface area contributed by atoms with E-state index in [0.29, 0.717) is 24.5 Å². The number of nitriles is 1. The van der Waals surface area contributed by atoms with Crippen molar-refractivity contribution in [1.82, 2.24) is 10.3 Å². The second kappa shape index (κ2) is 7.27. The van der Waals surface area contributed by atoms with Crippen LogP contribution in [0.2, 0.25) is 0 Å². The molecule has 1 atom stereocenters. The number of phenolic OH excluding ortho intramolecular Hbond substituents is 1. The van der Waals surface area contributed by atoms with E-state index in [0.717, 1.165) is 5.56 Å². The summed E-state index contributed by atoms with van der Waals surface area (Å²) in [7, 11) is 0. The predicted molar refractivity (Wildman–Crippen MR) is 78.7 cm³/mol.